The lowest BCUT2D eigenvalue weighted by molar-refractivity contribution is 0.0957. The molecular formula is C9H11NOS. The number of fused-ring (bicyclic) bond motifs is 1. The van der Waals surface area contributed by atoms with Crippen molar-refractivity contribution < 1.29 is 4.79 Å². The summed E-state index contributed by atoms with van der Waals surface area (Å²) >= 11 is 1.57. The average Bonchev–Trinajstić information content (AvgIpc) is 2.43. The van der Waals surface area contributed by atoms with Crippen molar-refractivity contribution in [3.8, 4) is 0 Å². The van der Waals surface area contributed by atoms with E-state index in [4.69, 9.17) is 0 Å². The maximum absolute atomic E-state index is 11.5. The number of thiophene rings is 1. The molecule has 0 spiro atoms. The normalized spacial score (nSPS) is 18.9. The SMILES string of the molecule is CN1CCc2ccsc2C(=O)C1. The molecule has 12 heavy (non-hydrogen) atoms. The first kappa shape index (κ1) is 7.95. The number of Topliss-reactive ketones (excluding diaryl/α,β-unsaturated/α-hetero) is 1. The predicted molar refractivity (Wildman–Crippen MR) is 49.9 cm³/mol. The van der Waals surface area contributed by atoms with Gasteiger partial charge in [-0.25, -0.2) is 0 Å². The predicted octanol–water partition coefficient (Wildman–Crippen LogP) is 1.42. The summed E-state index contributed by atoms with van der Waals surface area (Å²) in [6, 6.07) is 2.07. The minimum atomic E-state index is 0.278. The number of hydrogen-bond acceptors (Lipinski definition) is 3. The Labute approximate surface area is 75.8 Å². The van der Waals surface area contributed by atoms with Gasteiger partial charge >= 0.3 is 0 Å². The third-order valence-corrected chi connectivity index (χ3v) is 3.17. The van der Waals surface area contributed by atoms with Gasteiger partial charge in [-0.05, 0) is 30.5 Å². The van der Waals surface area contributed by atoms with Crippen LogP contribution < -0.4 is 0 Å². The molecule has 0 aromatic carbocycles. The van der Waals surface area contributed by atoms with E-state index in [1.807, 2.05) is 12.4 Å². The summed E-state index contributed by atoms with van der Waals surface area (Å²) in [6.07, 6.45) is 1.01. The van der Waals surface area contributed by atoms with Crippen LogP contribution in [0.3, 0.4) is 0 Å². The molecular weight excluding hydrogens is 170 g/mol. The number of hydrogen-bond donors (Lipinski definition) is 0. The van der Waals surface area contributed by atoms with Crippen molar-refractivity contribution in [2.24, 2.45) is 0 Å². The Morgan fingerprint density at radius 1 is 1.58 bits per heavy atom. The fourth-order valence-corrected chi connectivity index (χ4v) is 2.37. The molecule has 2 heterocycles. The lowest BCUT2D eigenvalue weighted by Gasteiger charge is -2.10. The van der Waals surface area contributed by atoms with Gasteiger partial charge in [0.1, 0.15) is 0 Å². The second kappa shape index (κ2) is 2.99. The largest absolute Gasteiger partial charge is 0.299 e. The number of ketones is 1. The summed E-state index contributed by atoms with van der Waals surface area (Å²) in [5.74, 6) is 0.278. The molecule has 0 aliphatic carbocycles. The van der Waals surface area contributed by atoms with Gasteiger partial charge in [-0.1, -0.05) is 0 Å². The number of carbonyl (C=O) groups excluding carboxylic acids is 1. The molecule has 1 aliphatic rings. The molecule has 64 valence electrons. The Morgan fingerprint density at radius 2 is 2.42 bits per heavy atom. The number of carbonyl (C=O) groups is 1. The van der Waals surface area contributed by atoms with Crippen LogP contribution in [-0.4, -0.2) is 30.8 Å². The maximum atomic E-state index is 11.5. The number of likely N-dealkylation sites (N-methyl/N-ethyl adjacent to an activating group) is 1. The zero-order valence-electron chi connectivity index (χ0n) is 7.04. The van der Waals surface area contributed by atoms with E-state index in [1.165, 1.54) is 5.56 Å². The average molecular weight is 181 g/mol. The van der Waals surface area contributed by atoms with Crippen molar-refractivity contribution in [1.82, 2.24) is 4.90 Å². The number of nitrogens with zero attached hydrogens (tertiary/aromatic N) is 1. The molecule has 0 saturated heterocycles. The van der Waals surface area contributed by atoms with Gasteiger partial charge in [0.05, 0.1) is 11.4 Å². The van der Waals surface area contributed by atoms with Crippen LogP contribution in [0.5, 0.6) is 0 Å². The molecule has 0 saturated carbocycles. The van der Waals surface area contributed by atoms with Gasteiger partial charge in [0, 0.05) is 6.54 Å². The van der Waals surface area contributed by atoms with Crippen LogP contribution >= 0.6 is 11.3 Å². The highest BCUT2D eigenvalue weighted by molar-refractivity contribution is 7.12. The molecule has 3 heteroatoms. The highest BCUT2D eigenvalue weighted by atomic mass is 32.1. The summed E-state index contributed by atoms with van der Waals surface area (Å²) in [7, 11) is 1.99. The lowest BCUT2D eigenvalue weighted by Crippen LogP contribution is -2.24. The molecule has 1 aromatic heterocycles. The Kier molecular flexibility index (Phi) is 1.98. The Hall–Kier alpha value is -0.670. The van der Waals surface area contributed by atoms with Crippen LogP contribution in [0.4, 0.5) is 0 Å². The third-order valence-electron chi connectivity index (χ3n) is 2.18. The first-order valence-corrected chi connectivity index (χ1v) is 4.93. The zero-order valence-corrected chi connectivity index (χ0v) is 7.86. The molecule has 1 aromatic rings. The summed E-state index contributed by atoms with van der Waals surface area (Å²) in [5, 5.41) is 2.01. The van der Waals surface area contributed by atoms with E-state index in [2.05, 4.69) is 11.0 Å². The fourth-order valence-electron chi connectivity index (χ4n) is 1.48. The van der Waals surface area contributed by atoms with Crippen molar-refractivity contribution in [3.63, 3.8) is 0 Å². The van der Waals surface area contributed by atoms with Crippen molar-refractivity contribution in [3.05, 3.63) is 21.9 Å². The maximum Gasteiger partial charge on any atom is 0.186 e. The van der Waals surface area contributed by atoms with Gasteiger partial charge in [-0.15, -0.1) is 11.3 Å². The summed E-state index contributed by atoms with van der Waals surface area (Å²) in [4.78, 5) is 14.6. The molecule has 0 fully saturated rings. The van der Waals surface area contributed by atoms with E-state index < -0.39 is 0 Å². The number of rotatable bonds is 0. The quantitative estimate of drug-likeness (QED) is 0.603. The molecule has 0 amide bonds. The van der Waals surface area contributed by atoms with Gasteiger partial charge in [-0.2, -0.15) is 0 Å². The van der Waals surface area contributed by atoms with Crippen LogP contribution in [-0.2, 0) is 6.42 Å². The second-order valence-corrected chi connectivity index (χ2v) is 4.10. The van der Waals surface area contributed by atoms with Gasteiger partial charge in [0.2, 0.25) is 0 Å². The summed E-state index contributed by atoms with van der Waals surface area (Å²) < 4.78 is 0. The topological polar surface area (TPSA) is 20.3 Å². The van der Waals surface area contributed by atoms with E-state index in [9.17, 15) is 4.79 Å². The molecule has 1 aliphatic heterocycles. The Morgan fingerprint density at radius 3 is 3.25 bits per heavy atom. The zero-order chi connectivity index (χ0) is 8.55. The van der Waals surface area contributed by atoms with Crippen LogP contribution in [0.25, 0.3) is 0 Å². The van der Waals surface area contributed by atoms with Crippen LogP contribution in [0.2, 0.25) is 0 Å². The highest BCUT2D eigenvalue weighted by Crippen LogP contribution is 2.20. The highest BCUT2D eigenvalue weighted by Gasteiger charge is 2.18. The standard InChI is InChI=1S/C9H11NOS/c1-10-4-2-7-3-5-12-9(7)8(11)6-10/h3,5H,2,4,6H2,1H3. The van der Waals surface area contributed by atoms with E-state index in [-0.39, 0.29) is 5.78 Å². The first-order valence-electron chi connectivity index (χ1n) is 4.05. The Bertz CT molecular complexity index is 305. The van der Waals surface area contributed by atoms with Crippen molar-refractivity contribution >= 4 is 17.1 Å². The molecule has 0 radical (unpaired) electrons. The van der Waals surface area contributed by atoms with E-state index in [0.717, 1.165) is 17.8 Å². The minimum Gasteiger partial charge on any atom is -0.299 e. The van der Waals surface area contributed by atoms with Crippen LogP contribution in [0.15, 0.2) is 11.4 Å². The smallest absolute Gasteiger partial charge is 0.186 e. The van der Waals surface area contributed by atoms with E-state index >= 15 is 0 Å². The molecule has 2 nitrogen and oxygen atoms in total. The fraction of sp³-hybridized carbons (Fsp3) is 0.444. The first-order chi connectivity index (χ1) is 5.77. The second-order valence-electron chi connectivity index (χ2n) is 3.19. The van der Waals surface area contributed by atoms with E-state index in [1.54, 1.807) is 11.3 Å². The monoisotopic (exact) mass is 181 g/mol. The molecule has 0 unspecified atom stereocenters. The summed E-state index contributed by atoms with van der Waals surface area (Å²) in [6.45, 7) is 1.57. The minimum absolute atomic E-state index is 0.278. The molecule has 0 atom stereocenters. The van der Waals surface area contributed by atoms with Crippen molar-refractivity contribution in [2.75, 3.05) is 20.1 Å². The van der Waals surface area contributed by atoms with Gasteiger partial charge in [0.15, 0.2) is 5.78 Å². The Balaban J connectivity index is 2.35. The molecule has 2 rings (SSSR count). The van der Waals surface area contributed by atoms with E-state index in [0.29, 0.717) is 6.54 Å². The van der Waals surface area contributed by atoms with Gasteiger partial charge in [-0.3, -0.25) is 9.69 Å². The lowest BCUT2D eigenvalue weighted by atomic mass is 10.2. The van der Waals surface area contributed by atoms with Crippen molar-refractivity contribution in [2.45, 2.75) is 6.42 Å². The van der Waals surface area contributed by atoms with Gasteiger partial charge in [0.25, 0.3) is 0 Å². The van der Waals surface area contributed by atoms with Crippen molar-refractivity contribution in [1.29, 1.82) is 0 Å². The van der Waals surface area contributed by atoms with Crippen LogP contribution in [0.1, 0.15) is 15.2 Å². The third kappa shape index (κ3) is 1.30. The molecule has 0 N–H and O–H groups in total. The van der Waals surface area contributed by atoms with Crippen LogP contribution in [0, 0.1) is 0 Å². The summed E-state index contributed by atoms with van der Waals surface area (Å²) in [5.41, 5.74) is 1.23. The molecule has 0 bridgehead atoms. The van der Waals surface area contributed by atoms with Gasteiger partial charge < -0.3 is 0 Å².